The van der Waals surface area contributed by atoms with Crippen LogP contribution in [0.2, 0.25) is 5.02 Å². The monoisotopic (exact) mass is 371 g/mol. The van der Waals surface area contributed by atoms with Gasteiger partial charge in [0, 0.05) is 16.8 Å². The summed E-state index contributed by atoms with van der Waals surface area (Å²) in [5.74, 6) is -0.0989. The first-order valence-electron chi connectivity index (χ1n) is 7.35. The van der Waals surface area contributed by atoms with E-state index in [9.17, 15) is 4.79 Å². The Hall–Kier alpha value is -3.44. The summed E-state index contributed by atoms with van der Waals surface area (Å²) in [5, 5.41) is 11.9. The van der Waals surface area contributed by atoms with Gasteiger partial charge in [0.05, 0.1) is 24.0 Å². The average Bonchev–Trinajstić information content (AvgIpc) is 2.60. The number of amidine groups is 1. The summed E-state index contributed by atoms with van der Waals surface area (Å²) in [6.45, 7) is 5.32. The minimum atomic E-state index is -0.608. The van der Waals surface area contributed by atoms with Crippen molar-refractivity contribution in [3.63, 3.8) is 0 Å². The molecule has 1 aromatic rings. The maximum atomic E-state index is 12.4. The lowest BCUT2D eigenvalue weighted by atomic mass is 10.1. The molecular formula is C17H18ClN7O. The number of allylic oxidation sites excluding steroid dienone is 1. The zero-order valence-electron chi connectivity index (χ0n) is 14.1. The second-order valence-electron chi connectivity index (χ2n) is 4.86. The van der Waals surface area contributed by atoms with Gasteiger partial charge in [0.2, 0.25) is 0 Å². The molecule has 26 heavy (non-hydrogen) atoms. The zero-order valence-corrected chi connectivity index (χ0v) is 14.8. The molecule has 0 aliphatic rings. The molecule has 1 amide bonds. The number of carbonyl (C=O) groups is 1. The molecule has 0 saturated heterocycles. The van der Waals surface area contributed by atoms with Crippen molar-refractivity contribution in [2.24, 2.45) is 26.4 Å². The van der Waals surface area contributed by atoms with E-state index < -0.39 is 11.9 Å². The van der Waals surface area contributed by atoms with Crippen molar-refractivity contribution < 1.29 is 4.79 Å². The topological polar surface area (TPSA) is 142 Å². The fourth-order valence-electron chi connectivity index (χ4n) is 1.78. The Bertz CT molecular complexity index is 834. The quantitative estimate of drug-likeness (QED) is 0.516. The van der Waals surface area contributed by atoms with E-state index in [4.69, 9.17) is 28.3 Å². The van der Waals surface area contributed by atoms with Crippen LogP contribution in [0.3, 0.4) is 0 Å². The summed E-state index contributed by atoms with van der Waals surface area (Å²) >= 11 is 5.91. The molecule has 1 rings (SSSR count). The minimum absolute atomic E-state index is 0.152. The van der Waals surface area contributed by atoms with Gasteiger partial charge in [0.25, 0.3) is 5.91 Å². The molecule has 1 unspecified atom stereocenters. The first-order chi connectivity index (χ1) is 12.4. The summed E-state index contributed by atoms with van der Waals surface area (Å²) < 4.78 is 0. The summed E-state index contributed by atoms with van der Waals surface area (Å²) in [4.78, 5) is 24.4. The molecule has 0 aliphatic carbocycles. The van der Waals surface area contributed by atoms with Crippen LogP contribution in [-0.4, -0.2) is 30.3 Å². The Morgan fingerprint density at radius 1 is 1.38 bits per heavy atom. The van der Waals surface area contributed by atoms with Crippen molar-refractivity contribution >= 4 is 35.9 Å². The zero-order chi connectivity index (χ0) is 19.5. The van der Waals surface area contributed by atoms with Gasteiger partial charge in [-0.1, -0.05) is 18.2 Å². The number of benzene rings is 1. The number of nitrogens with one attached hydrogen (secondary N) is 1. The molecule has 0 bridgehead atoms. The first kappa shape index (κ1) is 20.6. The maximum absolute atomic E-state index is 12.4. The van der Waals surface area contributed by atoms with Crippen LogP contribution >= 0.6 is 11.6 Å². The van der Waals surface area contributed by atoms with E-state index in [1.807, 2.05) is 6.07 Å². The number of nitriles is 1. The minimum Gasteiger partial charge on any atom is -0.405 e. The van der Waals surface area contributed by atoms with Gasteiger partial charge in [-0.3, -0.25) is 4.79 Å². The number of hydrogen-bond donors (Lipinski definition) is 3. The van der Waals surface area contributed by atoms with E-state index in [2.05, 4.69) is 26.9 Å². The number of hydrogen-bond acceptors (Lipinski definition) is 5. The maximum Gasteiger partial charge on any atom is 0.251 e. The number of aliphatic imine (C=N–C) groups is 3. The van der Waals surface area contributed by atoms with E-state index in [0.29, 0.717) is 0 Å². The molecule has 1 atom stereocenters. The lowest BCUT2D eigenvalue weighted by molar-refractivity contribution is 0.0949. The first-order valence-corrected chi connectivity index (χ1v) is 7.73. The number of carbonyl (C=O) groups excluding carboxylic acids is 1. The van der Waals surface area contributed by atoms with Gasteiger partial charge in [-0.25, -0.2) is 15.0 Å². The number of amides is 1. The van der Waals surface area contributed by atoms with Crippen LogP contribution < -0.4 is 16.8 Å². The molecular weight excluding hydrogens is 354 g/mol. The highest BCUT2D eigenvalue weighted by atomic mass is 35.5. The second kappa shape index (κ2) is 10.4. The van der Waals surface area contributed by atoms with Gasteiger partial charge >= 0.3 is 0 Å². The molecule has 0 aromatic heterocycles. The van der Waals surface area contributed by atoms with Crippen molar-refractivity contribution in [2.45, 2.75) is 13.0 Å². The fourth-order valence-corrected chi connectivity index (χ4v) is 2.02. The Labute approximate surface area is 156 Å². The molecule has 8 nitrogen and oxygen atoms in total. The highest BCUT2D eigenvalue weighted by Gasteiger charge is 2.16. The van der Waals surface area contributed by atoms with Crippen LogP contribution in [0.25, 0.3) is 0 Å². The highest BCUT2D eigenvalue weighted by molar-refractivity contribution is 6.31. The van der Waals surface area contributed by atoms with E-state index in [-0.39, 0.29) is 27.8 Å². The summed E-state index contributed by atoms with van der Waals surface area (Å²) in [6, 6.07) is 5.68. The van der Waals surface area contributed by atoms with Crippen molar-refractivity contribution in [1.82, 2.24) is 5.32 Å². The van der Waals surface area contributed by atoms with Gasteiger partial charge in [-0.05, 0) is 37.4 Å². The van der Waals surface area contributed by atoms with Gasteiger partial charge in [0.15, 0.2) is 5.84 Å². The third kappa shape index (κ3) is 6.59. The Morgan fingerprint density at radius 2 is 2.12 bits per heavy atom. The molecule has 0 spiro atoms. The van der Waals surface area contributed by atoms with E-state index in [0.717, 1.165) is 6.34 Å². The molecule has 0 aliphatic heterocycles. The predicted octanol–water partition coefficient (Wildman–Crippen LogP) is 1.73. The highest BCUT2D eigenvalue weighted by Crippen LogP contribution is 2.15. The number of rotatable bonds is 6. The van der Waals surface area contributed by atoms with Crippen LogP contribution in [-0.2, 0) is 0 Å². The van der Waals surface area contributed by atoms with Crippen LogP contribution in [0.5, 0.6) is 0 Å². The normalized spacial score (nSPS) is 13.2. The van der Waals surface area contributed by atoms with Gasteiger partial charge in [-0.2, -0.15) is 5.26 Å². The van der Waals surface area contributed by atoms with E-state index in [1.165, 1.54) is 36.7 Å². The Kier molecular flexibility index (Phi) is 8.27. The summed E-state index contributed by atoms with van der Waals surface area (Å²) in [5.41, 5.74) is 11.0. The predicted molar refractivity (Wildman–Crippen MR) is 104 cm³/mol. The number of halogens is 1. The summed E-state index contributed by atoms with van der Waals surface area (Å²) in [6.07, 6.45) is 5.27. The van der Waals surface area contributed by atoms with Crippen molar-refractivity contribution in [1.29, 1.82) is 5.26 Å². The van der Waals surface area contributed by atoms with Crippen molar-refractivity contribution in [2.75, 3.05) is 0 Å². The second-order valence-corrected chi connectivity index (χ2v) is 5.30. The average molecular weight is 372 g/mol. The molecule has 0 saturated carbocycles. The van der Waals surface area contributed by atoms with E-state index in [1.54, 1.807) is 6.92 Å². The van der Waals surface area contributed by atoms with E-state index >= 15 is 0 Å². The largest absolute Gasteiger partial charge is 0.405 e. The van der Waals surface area contributed by atoms with Crippen LogP contribution in [0.4, 0.5) is 0 Å². The number of nitrogens with two attached hydrogens (primary N) is 2. The molecule has 1 aromatic carbocycles. The van der Waals surface area contributed by atoms with Crippen molar-refractivity contribution in [3.05, 3.63) is 59.0 Å². The third-order valence-corrected chi connectivity index (χ3v) is 3.11. The van der Waals surface area contributed by atoms with Crippen molar-refractivity contribution in [3.8, 4) is 6.07 Å². The van der Waals surface area contributed by atoms with Gasteiger partial charge in [-0.15, -0.1) is 0 Å². The van der Waals surface area contributed by atoms with Crippen LogP contribution in [0.1, 0.15) is 22.8 Å². The standard InChI is InChI=1S/C17H18ClN7O/c1-11(16(23-10-21)25-12(2)22-5-3-4-19)24-17(26)14-6-13(9-20)7-15(18)8-14/h3-8,10-11H,2,19H2,1H3,(H,24,26)(H2,21,23,25)/b4-3-,22-5?. The van der Waals surface area contributed by atoms with Crippen LogP contribution in [0.15, 0.2) is 57.9 Å². The Morgan fingerprint density at radius 3 is 2.73 bits per heavy atom. The molecule has 9 heteroatoms. The number of nitrogens with zero attached hydrogens (tertiary/aromatic N) is 4. The molecule has 134 valence electrons. The Balaban J connectivity index is 2.98. The lowest BCUT2D eigenvalue weighted by Gasteiger charge is -2.14. The SMILES string of the molecule is C=C(N=C/C=C\N)N=C(N=CN)C(C)NC(=O)c1cc(Cl)cc(C#N)c1. The van der Waals surface area contributed by atoms with Crippen LogP contribution in [0, 0.1) is 11.3 Å². The molecule has 0 fully saturated rings. The summed E-state index contributed by atoms with van der Waals surface area (Å²) in [7, 11) is 0. The smallest absolute Gasteiger partial charge is 0.251 e. The molecule has 5 N–H and O–H groups in total. The molecule has 0 heterocycles. The fraction of sp³-hybridized carbons (Fsp3) is 0.118. The van der Waals surface area contributed by atoms with Gasteiger partial charge < -0.3 is 16.8 Å². The van der Waals surface area contributed by atoms with Gasteiger partial charge in [0.1, 0.15) is 5.82 Å². The molecule has 0 radical (unpaired) electrons. The third-order valence-electron chi connectivity index (χ3n) is 2.90. The lowest BCUT2D eigenvalue weighted by Crippen LogP contribution is -2.38.